The number of amides is 2. The van der Waals surface area contributed by atoms with E-state index in [-0.39, 0.29) is 18.1 Å². The lowest BCUT2D eigenvalue weighted by Gasteiger charge is -2.41. The summed E-state index contributed by atoms with van der Waals surface area (Å²) in [5, 5.41) is 3.86. The number of nitrogens with one attached hydrogen (secondary N) is 1. The molecule has 6 nitrogen and oxygen atoms in total. The number of likely N-dealkylation sites (tertiary alicyclic amines) is 1. The monoisotopic (exact) mass is 357 g/mol. The van der Waals surface area contributed by atoms with Gasteiger partial charge < -0.3 is 15.1 Å². The summed E-state index contributed by atoms with van der Waals surface area (Å²) in [5.74, 6) is 0.899. The predicted molar refractivity (Wildman–Crippen MR) is 96.7 cm³/mol. The van der Waals surface area contributed by atoms with Gasteiger partial charge in [-0.3, -0.25) is 0 Å². The van der Waals surface area contributed by atoms with Crippen molar-refractivity contribution in [1.82, 2.24) is 20.2 Å². The van der Waals surface area contributed by atoms with E-state index in [4.69, 9.17) is 11.6 Å². The van der Waals surface area contributed by atoms with Gasteiger partial charge in [-0.05, 0) is 30.5 Å². The van der Waals surface area contributed by atoms with Crippen molar-refractivity contribution in [2.75, 3.05) is 24.5 Å². The Bertz CT molecular complexity index is 750. The zero-order valence-electron chi connectivity index (χ0n) is 13.8. The van der Waals surface area contributed by atoms with Crippen LogP contribution in [0.3, 0.4) is 0 Å². The Labute approximate surface area is 151 Å². The SMILES string of the molecule is O=C(NC1CN(c2ccncn2)C1)N1CCCC1c1ccccc1Cl. The molecule has 0 bridgehead atoms. The summed E-state index contributed by atoms with van der Waals surface area (Å²) >= 11 is 6.33. The average Bonchev–Trinajstić information content (AvgIpc) is 3.08. The van der Waals surface area contributed by atoms with E-state index < -0.39 is 0 Å². The van der Waals surface area contributed by atoms with Crippen LogP contribution in [0, 0.1) is 0 Å². The zero-order valence-corrected chi connectivity index (χ0v) is 14.6. The Kier molecular flexibility index (Phi) is 4.44. The van der Waals surface area contributed by atoms with Crippen LogP contribution in [-0.4, -0.2) is 46.6 Å². The summed E-state index contributed by atoms with van der Waals surface area (Å²) in [6, 6.07) is 9.88. The number of carbonyl (C=O) groups excluding carboxylic acids is 1. The molecule has 25 heavy (non-hydrogen) atoms. The summed E-state index contributed by atoms with van der Waals surface area (Å²) < 4.78 is 0. The van der Waals surface area contributed by atoms with Gasteiger partial charge in [0.2, 0.25) is 0 Å². The molecular weight excluding hydrogens is 338 g/mol. The van der Waals surface area contributed by atoms with Crippen LogP contribution in [0.25, 0.3) is 0 Å². The Morgan fingerprint density at radius 2 is 2.08 bits per heavy atom. The third-order valence-corrected chi connectivity index (χ3v) is 5.22. The number of aromatic nitrogens is 2. The first-order valence-electron chi connectivity index (χ1n) is 8.55. The summed E-state index contributed by atoms with van der Waals surface area (Å²) in [6.07, 6.45) is 5.22. The number of anilines is 1. The lowest BCUT2D eigenvalue weighted by atomic mass is 10.0. The minimum Gasteiger partial charge on any atom is -0.352 e. The molecule has 0 saturated carbocycles. The molecule has 2 saturated heterocycles. The molecule has 2 aliphatic rings. The van der Waals surface area contributed by atoms with Gasteiger partial charge >= 0.3 is 6.03 Å². The van der Waals surface area contributed by atoms with E-state index in [1.165, 1.54) is 0 Å². The normalized spacial score (nSPS) is 20.4. The van der Waals surface area contributed by atoms with Crippen LogP contribution in [-0.2, 0) is 0 Å². The quantitative estimate of drug-likeness (QED) is 0.917. The van der Waals surface area contributed by atoms with Crippen LogP contribution in [0.15, 0.2) is 42.9 Å². The molecule has 1 atom stereocenters. The van der Waals surface area contributed by atoms with Crippen LogP contribution in [0.4, 0.5) is 10.6 Å². The van der Waals surface area contributed by atoms with Crippen LogP contribution >= 0.6 is 11.6 Å². The highest BCUT2D eigenvalue weighted by molar-refractivity contribution is 6.31. The van der Waals surface area contributed by atoms with Gasteiger partial charge in [-0.15, -0.1) is 0 Å². The van der Waals surface area contributed by atoms with Crippen molar-refractivity contribution in [3.63, 3.8) is 0 Å². The first-order chi connectivity index (χ1) is 12.2. The summed E-state index contributed by atoms with van der Waals surface area (Å²) in [7, 11) is 0. The first-order valence-corrected chi connectivity index (χ1v) is 8.92. The summed E-state index contributed by atoms with van der Waals surface area (Å²) in [5.41, 5.74) is 1.04. The fourth-order valence-electron chi connectivity index (χ4n) is 3.56. The van der Waals surface area contributed by atoms with Crippen molar-refractivity contribution in [2.24, 2.45) is 0 Å². The predicted octanol–water partition coefficient (Wildman–Crippen LogP) is 2.87. The van der Waals surface area contributed by atoms with Crippen LogP contribution in [0.2, 0.25) is 5.02 Å². The molecule has 2 fully saturated rings. The Morgan fingerprint density at radius 1 is 1.24 bits per heavy atom. The van der Waals surface area contributed by atoms with E-state index in [0.29, 0.717) is 0 Å². The second kappa shape index (κ2) is 6.88. The van der Waals surface area contributed by atoms with E-state index in [1.807, 2.05) is 35.2 Å². The molecule has 2 aromatic rings. The molecule has 1 N–H and O–H groups in total. The molecule has 0 spiro atoms. The Balaban J connectivity index is 1.36. The second-order valence-corrected chi connectivity index (χ2v) is 6.90. The number of benzene rings is 1. The standard InChI is InChI=1S/C18H20ClN5O/c19-15-5-2-1-4-14(15)16-6-3-9-24(16)18(25)22-13-10-23(11-13)17-7-8-20-12-21-17/h1-2,4-5,7-8,12-13,16H,3,6,9-11H2,(H,22,25). The van der Waals surface area contributed by atoms with Crippen molar-refractivity contribution in [2.45, 2.75) is 24.9 Å². The molecule has 130 valence electrons. The number of urea groups is 1. The fraction of sp³-hybridized carbons (Fsp3) is 0.389. The summed E-state index contributed by atoms with van der Waals surface area (Å²) in [4.78, 5) is 24.9. The van der Waals surface area contributed by atoms with Gasteiger partial charge in [-0.2, -0.15) is 0 Å². The highest BCUT2D eigenvalue weighted by atomic mass is 35.5. The summed E-state index contributed by atoms with van der Waals surface area (Å²) in [6.45, 7) is 2.31. The van der Waals surface area contributed by atoms with Gasteiger partial charge in [-0.25, -0.2) is 14.8 Å². The minimum atomic E-state index is -0.00485. The number of nitrogens with zero attached hydrogens (tertiary/aromatic N) is 4. The topological polar surface area (TPSA) is 61.4 Å². The molecule has 1 aromatic carbocycles. The van der Waals surface area contributed by atoms with E-state index >= 15 is 0 Å². The van der Waals surface area contributed by atoms with Gasteiger partial charge in [0.25, 0.3) is 0 Å². The van der Waals surface area contributed by atoms with E-state index in [2.05, 4.69) is 20.2 Å². The maximum Gasteiger partial charge on any atom is 0.318 e. The number of hydrogen-bond donors (Lipinski definition) is 1. The zero-order chi connectivity index (χ0) is 17.2. The maximum absolute atomic E-state index is 12.7. The first kappa shape index (κ1) is 16.1. The van der Waals surface area contributed by atoms with Crippen LogP contribution < -0.4 is 10.2 Å². The number of hydrogen-bond acceptors (Lipinski definition) is 4. The molecule has 1 aromatic heterocycles. The van der Waals surface area contributed by atoms with Gasteiger partial charge in [0.1, 0.15) is 12.1 Å². The molecule has 0 aliphatic carbocycles. The largest absolute Gasteiger partial charge is 0.352 e. The molecule has 0 radical (unpaired) electrons. The molecule has 2 amide bonds. The average molecular weight is 358 g/mol. The highest BCUT2D eigenvalue weighted by Crippen LogP contribution is 2.35. The number of rotatable bonds is 3. The lowest BCUT2D eigenvalue weighted by Crippen LogP contribution is -2.61. The van der Waals surface area contributed by atoms with E-state index in [1.54, 1.807) is 12.5 Å². The fourth-order valence-corrected chi connectivity index (χ4v) is 3.83. The van der Waals surface area contributed by atoms with Crippen molar-refractivity contribution < 1.29 is 4.79 Å². The van der Waals surface area contributed by atoms with Gasteiger partial charge in [0.05, 0.1) is 12.1 Å². The van der Waals surface area contributed by atoms with Crippen molar-refractivity contribution in [1.29, 1.82) is 0 Å². The van der Waals surface area contributed by atoms with Crippen LogP contribution in [0.1, 0.15) is 24.4 Å². The Morgan fingerprint density at radius 3 is 2.84 bits per heavy atom. The third-order valence-electron chi connectivity index (χ3n) is 4.88. The van der Waals surface area contributed by atoms with Gasteiger partial charge in [0, 0.05) is 30.9 Å². The van der Waals surface area contributed by atoms with Crippen molar-refractivity contribution >= 4 is 23.4 Å². The molecule has 7 heteroatoms. The molecule has 2 aliphatic heterocycles. The third kappa shape index (κ3) is 3.26. The lowest BCUT2D eigenvalue weighted by molar-refractivity contribution is 0.186. The van der Waals surface area contributed by atoms with E-state index in [9.17, 15) is 4.79 Å². The maximum atomic E-state index is 12.7. The molecular formula is C18H20ClN5O. The second-order valence-electron chi connectivity index (χ2n) is 6.49. The van der Waals surface area contributed by atoms with Crippen molar-refractivity contribution in [3.8, 4) is 0 Å². The van der Waals surface area contributed by atoms with E-state index in [0.717, 1.165) is 48.9 Å². The van der Waals surface area contributed by atoms with Gasteiger partial charge in [0.15, 0.2) is 0 Å². The van der Waals surface area contributed by atoms with Crippen LogP contribution in [0.5, 0.6) is 0 Å². The van der Waals surface area contributed by atoms with Gasteiger partial charge in [-0.1, -0.05) is 29.8 Å². The smallest absolute Gasteiger partial charge is 0.318 e. The Hall–Kier alpha value is -2.34. The molecule has 3 heterocycles. The number of carbonyl (C=O) groups is 1. The molecule has 1 unspecified atom stereocenters. The highest BCUT2D eigenvalue weighted by Gasteiger charge is 2.35. The number of halogens is 1. The van der Waals surface area contributed by atoms with Crippen molar-refractivity contribution in [3.05, 3.63) is 53.4 Å². The minimum absolute atomic E-state index is 0.00485. The molecule has 4 rings (SSSR count).